The molecule has 1 N–H and O–H groups in total. The van der Waals surface area contributed by atoms with E-state index in [4.69, 9.17) is 0 Å². The van der Waals surface area contributed by atoms with Crippen molar-refractivity contribution in [3.8, 4) is 0 Å². The van der Waals surface area contributed by atoms with Crippen molar-refractivity contribution in [1.29, 1.82) is 0 Å². The number of rotatable bonds is 2. The van der Waals surface area contributed by atoms with Crippen molar-refractivity contribution in [2.24, 2.45) is 5.92 Å². The van der Waals surface area contributed by atoms with Crippen molar-refractivity contribution < 1.29 is 5.11 Å². The molecule has 3 nitrogen and oxygen atoms in total. The fourth-order valence-electron chi connectivity index (χ4n) is 3.66. The Hall–Kier alpha value is -0.830. The number of fused-ring (bicyclic) bond motifs is 1. The van der Waals surface area contributed by atoms with Gasteiger partial charge in [0.05, 0.1) is 24.2 Å². The second-order valence-corrected chi connectivity index (χ2v) is 5.97. The minimum Gasteiger partial charge on any atom is -0.391 e. The summed E-state index contributed by atoms with van der Waals surface area (Å²) in [7, 11) is 0. The van der Waals surface area contributed by atoms with Gasteiger partial charge in [0.15, 0.2) is 0 Å². The lowest BCUT2D eigenvalue weighted by Crippen LogP contribution is -2.32. The highest BCUT2D eigenvalue weighted by Gasteiger charge is 2.31. The van der Waals surface area contributed by atoms with E-state index in [1.165, 1.54) is 37.1 Å². The van der Waals surface area contributed by atoms with Gasteiger partial charge in [-0.1, -0.05) is 13.3 Å². The molecule has 2 aliphatic carbocycles. The van der Waals surface area contributed by atoms with Gasteiger partial charge in [-0.05, 0) is 50.9 Å². The highest BCUT2D eigenvalue weighted by molar-refractivity contribution is 5.17. The largest absolute Gasteiger partial charge is 0.391 e. The summed E-state index contributed by atoms with van der Waals surface area (Å²) >= 11 is 0. The SMILES string of the molecule is CCC1CCC(O)C(n2cnc3c2CCCC3)C1. The van der Waals surface area contributed by atoms with Crippen molar-refractivity contribution in [1.82, 2.24) is 9.55 Å². The Morgan fingerprint density at radius 3 is 3.00 bits per heavy atom. The van der Waals surface area contributed by atoms with Crippen LogP contribution in [0.4, 0.5) is 0 Å². The number of aryl methyl sites for hydroxylation is 1. The molecule has 1 aromatic rings. The van der Waals surface area contributed by atoms with Crippen molar-refractivity contribution in [3.05, 3.63) is 17.7 Å². The number of hydrogen-bond acceptors (Lipinski definition) is 2. The third-order valence-electron chi connectivity index (χ3n) is 4.88. The van der Waals surface area contributed by atoms with Crippen LogP contribution in [-0.2, 0) is 12.8 Å². The molecular formula is C15H24N2O. The van der Waals surface area contributed by atoms with E-state index >= 15 is 0 Å². The first-order valence-electron chi connectivity index (χ1n) is 7.52. The summed E-state index contributed by atoms with van der Waals surface area (Å²) in [5.41, 5.74) is 2.69. The Labute approximate surface area is 109 Å². The maximum atomic E-state index is 10.3. The van der Waals surface area contributed by atoms with E-state index < -0.39 is 0 Å². The third kappa shape index (κ3) is 2.09. The van der Waals surface area contributed by atoms with Crippen molar-refractivity contribution >= 4 is 0 Å². The Morgan fingerprint density at radius 2 is 2.17 bits per heavy atom. The standard InChI is InChI=1S/C15H24N2O/c1-2-11-7-8-15(18)14(9-11)17-10-16-12-5-3-4-6-13(12)17/h10-11,14-15,18H,2-9H2,1H3. The van der Waals surface area contributed by atoms with Crippen LogP contribution in [0.15, 0.2) is 6.33 Å². The van der Waals surface area contributed by atoms with Gasteiger partial charge < -0.3 is 9.67 Å². The Morgan fingerprint density at radius 1 is 1.33 bits per heavy atom. The van der Waals surface area contributed by atoms with Crippen LogP contribution in [0.25, 0.3) is 0 Å². The smallest absolute Gasteiger partial charge is 0.0955 e. The molecule has 0 aliphatic heterocycles. The number of hydrogen-bond donors (Lipinski definition) is 1. The van der Waals surface area contributed by atoms with E-state index in [-0.39, 0.29) is 12.1 Å². The molecule has 1 fully saturated rings. The zero-order valence-electron chi connectivity index (χ0n) is 11.3. The zero-order valence-corrected chi connectivity index (χ0v) is 11.3. The molecule has 3 atom stereocenters. The predicted molar refractivity (Wildman–Crippen MR) is 71.5 cm³/mol. The number of aliphatic hydroxyl groups excluding tert-OH is 1. The molecule has 0 bridgehead atoms. The van der Waals surface area contributed by atoms with Crippen LogP contribution in [0.5, 0.6) is 0 Å². The third-order valence-corrected chi connectivity index (χ3v) is 4.88. The molecule has 3 heteroatoms. The molecule has 1 aromatic heterocycles. The van der Waals surface area contributed by atoms with E-state index in [2.05, 4.69) is 16.5 Å². The summed E-state index contributed by atoms with van der Waals surface area (Å²) in [6.45, 7) is 2.27. The lowest BCUT2D eigenvalue weighted by Gasteiger charge is -2.35. The lowest BCUT2D eigenvalue weighted by atomic mass is 9.82. The van der Waals surface area contributed by atoms with Gasteiger partial charge in [-0.25, -0.2) is 4.98 Å². The van der Waals surface area contributed by atoms with Gasteiger partial charge in [0, 0.05) is 5.69 Å². The molecule has 3 unspecified atom stereocenters. The van der Waals surface area contributed by atoms with Gasteiger partial charge in [-0.3, -0.25) is 0 Å². The Bertz CT molecular complexity index is 413. The highest BCUT2D eigenvalue weighted by Crippen LogP contribution is 2.36. The average molecular weight is 248 g/mol. The first kappa shape index (κ1) is 12.2. The molecule has 3 rings (SSSR count). The van der Waals surface area contributed by atoms with Gasteiger partial charge in [-0.15, -0.1) is 0 Å². The molecule has 18 heavy (non-hydrogen) atoms. The van der Waals surface area contributed by atoms with Gasteiger partial charge in [0.1, 0.15) is 0 Å². The molecular weight excluding hydrogens is 224 g/mol. The molecule has 100 valence electrons. The van der Waals surface area contributed by atoms with Gasteiger partial charge in [-0.2, -0.15) is 0 Å². The van der Waals surface area contributed by atoms with Crippen LogP contribution < -0.4 is 0 Å². The lowest BCUT2D eigenvalue weighted by molar-refractivity contribution is 0.0519. The van der Waals surface area contributed by atoms with E-state index in [0.29, 0.717) is 0 Å². The number of aliphatic hydroxyl groups is 1. The summed E-state index contributed by atoms with van der Waals surface area (Å²) in [4.78, 5) is 4.57. The van der Waals surface area contributed by atoms with Gasteiger partial charge in [0.2, 0.25) is 0 Å². The molecule has 0 aromatic carbocycles. The summed E-state index contributed by atoms with van der Waals surface area (Å²) in [5, 5.41) is 10.3. The van der Waals surface area contributed by atoms with Crippen LogP contribution in [0.2, 0.25) is 0 Å². The molecule has 1 heterocycles. The van der Waals surface area contributed by atoms with Crippen LogP contribution in [0.3, 0.4) is 0 Å². The van der Waals surface area contributed by atoms with Gasteiger partial charge >= 0.3 is 0 Å². The van der Waals surface area contributed by atoms with Crippen LogP contribution in [0.1, 0.15) is 62.9 Å². The fraction of sp³-hybridized carbons (Fsp3) is 0.800. The summed E-state index contributed by atoms with van der Waals surface area (Å²) < 4.78 is 2.31. The molecule has 0 radical (unpaired) electrons. The number of imidazole rings is 1. The zero-order chi connectivity index (χ0) is 12.5. The number of aromatic nitrogens is 2. The molecule has 1 saturated carbocycles. The topological polar surface area (TPSA) is 38.0 Å². The maximum absolute atomic E-state index is 10.3. The van der Waals surface area contributed by atoms with E-state index in [1.54, 1.807) is 0 Å². The van der Waals surface area contributed by atoms with E-state index in [1.807, 2.05) is 6.33 Å². The summed E-state index contributed by atoms with van der Waals surface area (Å²) in [6, 6.07) is 0.276. The molecule has 2 aliphatic rings. The summed E-state index contributed by atoms with van der Waals surface area (Å²) in [5.74, 6) is 0.778. The fourth-order valence-corrected chi connectivity index (χ4v) is 3.66. The van der Waals surface area contributed by atoms with E-state index in [0.717, 1.165) is 31.6 Å². The summed E-state index contributed by atoms with van der Waals surface area (Å²) in [6.07, 6.45) is 11.1. The molecule has 0 saturated heterocycles. The predicted octanol–water partition coefficient (Wildman–Crippen LogP) is 2.87. The Balaban J connectivity index is 1.86. The second-order valence-electron chi connectivity index (χ2n) is 5.97. The van der Waals surface area contributed by atoms with Crippen molar-refractivity contribution in [3.63, 3.8) is 0 Å². The minimum atomic E-state index is -0.173. The quantitative estimate of drug-likeness (QED) is 0.874. The van der Waals surface area contributed by atoms with E-state index in [9.17, 15) is 5.11 Å². The van der Waals surface area contributed by atoms with Crippen LogP contribution in [-0.4, -0.2) is 20.8 Å². The molecule has 0 amide bonds. The van der Waals surface area contributed by atoms with Gasteiger partial charge in [0.25, 0.3) is 0 Å². The average Bonchev–Trinajstić information content (AvgIpc) is 2.83. The van der Waals surface area contributed by atoms with Crippen LogP contribution in [0, 0.1) is 5.92 Å². The maximum Gasteiger partial charge on any atom is 0.0955 e. The first-order chi connectivity index (χ1) is 8.79. The Kier molecular flexibility index (Phi) is 3.42. The van der Waals surface area contributed by atoms with Crippen LogP contribution >= 0.6 is 0 Å². The highest BCUT2D eigenvalue weighted by atomic mass is 16.3. The monoisotopic (exact) mass is 248 g/mol. The van der Waals surface area contributed by atoms with Crippen molar-refractivity contribution in [2.75, 3.05) is 0 Å². The normalized spacial score (nSPS) is 32.2. The second kappa shape index (κ2) is 5.04. The molecule has 0 spiro atoms. The first-order valence-corrected chi connectivity index (χ1v) is 7.52. The minimum absolute atomic E-state index is 0.173. The van der Waals surface area contributed by atoms with Crippen molar-refractivity contribution in [2.45, 2.75) is 70.4 Å². The number of nitrogens with zero attached hydrogens (tertiary/aromatic N) is 2.